The van der Waals surface area contributed by atoms with Crippen LogP contribution in [0.5, 0.6) is 0 Å². The van der Waals surface area contributed by atoms with Crippen LogP contribution in [0.3, 0.4) is 0 Å². The molecule has 0 saturated heterocycles. The van der Waals surface area contributed by atoms with Gasteiger partial charge in [0, 0.05) is 17.6 Å². The number of fused-ring (bicyclic) bond motifs is 1. The third-order valence-electron chi connectivity index (χ3n) is 2.81. The minimum atomic E-state index is 0.586. The van der Waals surface area contributed by atoms with Gasteiger partial charge in [-0.25, -0.2) is 4.98 Å². The van der Waals surface area contributed by atoms with Gasteiger partial charge in [0.15, 0.2) is 5.13 Å². The molecule has 1 aliphatic heterocycles. The van der Waals surface area contributed by atoms with Crippen molar-refractivity contribution in [1.29, 1.82) is 0 Å². The minimum Gasteiger partial charge on any atom is -0.318 e. The van der Waals surface area contributed by atoms with Crippen molar-refractivity contribution in [2.24, 2.45) is 0 Å². The van der Waals surface area contributed by atoms with Crippen molar-refractivity contribution in [3.8, 4) is 0 Å². The Labute approximate surface area is 104 Å². The maximum Gasteiger partial charge on any atom is 0.191 e. The summed E-state index contributed by atoms with van der Waals surface area (Å²) >= 11 is 7.48. The van der Waals surface area contributed by atoms with Crippen molar-refractivity contribution in [3.63, 3.8) is 0 Å². The molecule has 0 atom stereocenters. The molecule has 0 unspecified atom stereocenters. The zero-order valence-electron chi connectivity index (χ0n) is 8.69. The third-order valence-corrected chi connectivity index (χ3v) is 3.99. The van der Waals surface area contributed by atoms with Gasteiger partial charge in [0.05, 0.1) is 0 Å². The monoisotopic (exact) mass is 250 g/mol. The van der Waals surface area contributed by atoms with Gasteiger partial charge in [0.1, 0.15) is 5.15 Å². The first-order chi connectivity index (χ1) is 7.84. The van der Waals surface area contributed by atoms with Gasteiger partial charge in [-0.1, -0.05) is 29.8 Å². The summed E-state index contributed by atoms with van der Waals surface area (Å²) in [6.07, 6.45) is 2.33. The van der Waals surface area contributed by atoms with Crippen LogP contribution in [0.25, 0.3) is 0 Å². The van der Waals surface area contributed by atoms with Crippen molar-refractivity contribution in [3.05, 3.63) is 40.4 Å². The topological polar surface area (TPSA) is 16.1 Å². The number of thiazole rings is 1. The summed E-state index contributed by atoms with van der Waals surface area (Å²) in [4.78, 5) is 6.60. The van der Waals surface area contributed by atoms with Crippen LogP contribution in [-0.4, -0.2) is 11.5 Å². The molecule has 0 amide bonds. The molecule has 0 saturated carbocycles. The molecule has 2 heterocycles. The Bertz CT molecular complexity index is 509. The number of aromatic nitrogens is 1. The highest BCUT2D eigenvalue weighted by Crippen LogP contribution is 2.35. The Morgan fingerprint density at radius 3 is 3.00 bits per heavy atom. The van der Waals surface area contributed by atoms with E-state index >= 15 is 0 Å². The molecule has 4 heteroatoms. The minimum absolute atomic E-state index is 0.586. The Morgan fingerprint density at radius 2 is 2.19 bits per heavy atom. The van der Waals surface area contributed by atoms with Crippen molar-refractivity contribution < 1.29 is 0 Å². The number of aryl methyl sites for hydroxylation is 1. The second-order valence-electron chi connectivity index (χ2n) is 3.84. The molecule has 2 nitrogen and oxygen atoms in total. The fraction of sp³-hybridized carbons (Fsp3) is 0.250. The highest BCUT2D eigenvalue weighted by Gasteiger charge is 2.19. The van der Waals surface area contributed by atoms with Crippen molar-refractivity contribution in [2.75, 3.05) is 11.4 Å². The van der Waals surface area contributed by atoms with Gasteiger partial charge in [0.2, 0.25) is 0 Å². The first-order valence-electron chi connectivity index (χ1n) is 5.31. The summed E-state index contributed by atoms with van der Waals surface area (Å²) in [5, 5.41) is 3.47. The quantitative estimate of drug-likeness (QED) is 0.764. The fourth-order valence-electron chi connectivity index (χ4n) is 2.10. The van der Waals surface area contributed by atoms with Gasteiger partial charge >= 0.3 is 0 Å². The summed E-state index contributed by atoms with van der Waals surface area (Å²) in [6.45, 7) is 1.03. The molecule has 0 bridgehead atoms. The predicted octanol–water partition coefficient (Wildman–Crippen LogP) is 3.88. The lowest BCUT2D eigenvalue weighted by atomic mass is 10.0. The largest absolute Gasteiger partial charge is 0.318 e. The van der Waals surface area contributed by atoms with Crippen molar-refractivity contribution >= 4 is 33.8 Å². The second kappa shape index (κ2) is 4.07. The van der Waals surface area contributed by atoms with E-state index < -0.39 is 0 Å². The van der Waals surface area contributed by atoms with Crippen LogP contribution in [0, 0.1) is 0 Å². The molecular formula is C12H11ClN2S. The van der Waals surface area contributed by atoms with E-state index in [0.29, 0.717) is 5.15 Å². The number of halogens is 1. The van der Waals surface area contributed by atoms with E-state index in [0.717, 1.165) is 18.1 Å². The van der Waals surface area contributed by atoms with E-state index in [-0.39, 0.29) is 0 Å². The molecular weight excluding hydrogens is 240 g/mol. The lowest BCUT2D eigenvalue weighted by molar-refractivity contribution is 0.765. The maximum atomic E-state index is 5.88. The highest BCUT2D eigenvalue weighted by atomic mass is 35.5. The molecule has 1 aromatic heterocycles. The van der Waals surface area contributed by atoms with Crippen molar-refractivity contribution in [2.45, 2.75) is 12.8 Å². The van der Waals surface area contributed by atoms with Crippen LogP contribution >= 0.6 is 22.9 Å². The average Bonchev–Trinajstić information content (AvgIpc) is 2.75. The smallest absolute Gasteiger partial charge is 0.191 e. The van der Waals surface area contributed by atoms with Gasteiger partial charge in [0.25, 0.3) is 0 Å². The summed E-state index contributed by atoms with van der Waals surface area (Å²) < 4.78 is 0. The molecule has 0 aliphatic carbocycles. The molecule has 0 radical (unpaired) electrons. The predicted molar refractivity (Wildman–Crippen MR) is 68.9 cm³/mol. The number of para-hydroxylation sites is 1. The Morgan fingerprint density at radius 1 is 1.31 bits per heavy atom. The standard InChI is InChI=1S/C12H11ClN2S/c13-11-8-16-12(14-11)15-7-3-5-9-4-1-2-6-10(9)15/h1-2,4,6,8H,3,5,7H2. The molecule has 2 aromatic rings. The van der Waals surface area contributed by atoms with Gasteiger partial charge in [-0.2, -0.15) is 0 Å². The normalized spacial score (nSPS) is 14.9. The third kappa shape index (κ3) is 1.70. The molecule has 0 N–H and O–H groups in total. The zero-order valence-corrected chi connectivity index (χ0v) is 10.3. The maximum absolute atomic E-state index is 5.88. The summed E-state index contributed by atoms with van der Waals surface area (Å²) in [6, 6.07) is 8.52. The first-order valence-corrected chi connectivity index (χ1v) is 6.57. The van der Waals surface area contributed by atoms with Crippen molar-refractivity contribution in [1.82, 2.24) is 4.98 Å². The number of hydrogen-bond acceptors (Lipinski definition) is 3. The number of rotatable bonds is 1. The first kappa shape index (κ1) is 10.1. The van der Waals surface area contributed by atoms with E-state index in [1.165, 1.54) is 17.7 Å². The number of nitrogens with zero attached hydrogens (tertiary/aromatic N) is 2. The lowest BCUT2D eigenvalue weighted by Gasteiger charge is -2.28. The number of benzene rings is 1. The SMILES string of the molecule is Clc1csc(N2CCCc3ccccc32)n1. The van der Waals surface area contributed by atoms with Crippen LogP contribution in [-0.2, 0) is 6.42 Å². The molecule has 0 spiro atoms. The Hall–Kier alpha value is -1.06. The van der Waals surface area contributed by atoms with Gasteiger partial charge in [-0.15, -0.1) is 11.3 Å². The van der Waals surface area contributed by atoms with Crippen LogP contribution in [0.2, 0.25) is 5.15 Å². The van der Waals surface area contributed by atoms with Crippen LogP contribution < -0.4 is 4.90 Å². The van der Waals surface area contributed by atoms with Gasteiger partial charge in [-0.3, -0.25) is 0 Å². The van der Waals surface area contributed by atoms with Crippen LogP contribution in [0.15, 0.2) is 29.6 Å². The summed E-state index contributed by atoms with van der Waals surface area (Å²) in [5.74, 6) is 0. The van der Waals surface area contributed by atoms with E-state index in [2.05, 4.69) is 34.1 Å². The molecule has 1 aliphatic rings. The fourth-order valence-corrected chi connectivity index (χ4v) is 3.09. The molecule has 82 valence electrons. The highest BCUT2D eigenvalue weighted by molar-refractivity contribution is 7.14. The van der Waals surface area contributed by atoms with E-state index in [1.807, 2.05) is 5.38 Å². The van der Waals surface area contributed by atoms with E-state index in [1.54, 1.807) is 11.3 Å². The Balaban J connectivity index is 2.04. The molecule has 0 fully saturated rings. The lowest BCUT2D eigenvalue weighted by Crippen LogP contribution is -2.24. The number of anilines is 2. The van der Waals surface area contributed by atoms with E-state index in [9.17, 15) is 0 Å². The number of hydrogen-bond donors (Lipinski definition) is 0. The average molecular weight is 251 g/mol. The summed E-state index contributed by atoms with van der Waals surface area (Å²) in [7, 11) is 0. The Kier molecular flexibility index (Phi) is 2.58. The zero-order chi connectivity index (χ0) is 11.0. The van der Waals surface area contributed by atoms with Gasteiger partial charge < -0.3 is 4.90 Å². The molecule has 3 rings (SSSR count). The van der Waals surface area contributed by atoms with Gasteiger partial charge in [-0.05, 0) is 24.5 Å². The molecule has 16 heavy (non-hydrogen) atoms. The van der Waals surface area contributed by atoms with E-state index in [4.69, 9.17) is 11.6 Å². The summed E-state index contributed by atoms with van der Waals surface area (Å²) in [5.41, 5.74) is 2.68. The molecule has 1 aromatic carbocycles. The van der Waals surface area contributed by atoms with Crippen LogP contribution in [0.1, 0.15) is 12.0 Å². The second-order valence-corrected chi connectivity index (χ2v) is 5.06. The van der Waals surface area contributed by atoms with Crippen LogP contribution in [0.4, 0.5) is 10.8 Å².